The molecule has 0 heterocycles. The first-order valence-corrected chi connectivity index (χ1v) is 5.34. The third-order valence-corrected chi connectivity index (χ3v) is 1.92. The van der Waals surface area contributed by atoms with Crippen LogP contribution in [-0.4, -0.2) is 43.2 Å². The third kappa shape index (κ3) is 10.2. The minimum Gasteiger partial charge on any atom is -0.386 e. The molecule has 1 atom stereocenters. The van der Waals surface area contributed by atoms with Gasteiger partial charge >= 0.3 is 6.18 Å². The maximum absolute atomic E-state index is 11.8. The summed E-state index contributed by atoms with van der Waals surface area (Å²) in [5.74, 6) is 0. The van der Waals surface area contributed by atoms with E-state index in [1.807, 2.05) is 6.92 Å². The van der Waals surface area contributed by atoms with E-state index in [1.54, 1.807) is 6.92 Å². The van der Waals surface area contributed by atoms with Crippen LogP contribution in [0.5, 0.6) is 0 Å². The molecule has 0 spiro atoms. The largest absolute Gasteiger partial charge is 0.389 e. The fraction of sp³-hybridized carbons (Fsp3) is 1.00. The molecule has 0 aliphatic rings. The zero-order valence-corrected chi connectivity index (χ0v) is 9.73. The lowest BCUT2D eigenvalue weighted by Crippen LogP contribution is -2.41. The van der Waals surface area contributed by atoms with E-state index in [9.17, 15) is 18.3 Å². The number of hydrogen-bond donors (Lipinski definition) is 2. The summed E-state index contributed by atoms with van der Waals surface area (Å²) >= 11 is 0. The van der Waals surface area contributed by atoms with Crippen molar-refractivity contribution in [3.8, 4) is 0 Å². The average molecular weight is 243 g/mol. The molecular formula is C10H20F3NO2. The summed E-state index contributed by atoms with van der Waals surface area (Å²) in [7, 11) is 0. The highest BCUT2D eigenvalue weighted by Crippen LogP contribution is 2.21. The Morgan fingerprint density at radius 3 is 2.44 bits per heavy atom. The van der Waals surface area contributed by atoms with Gasteiger partial charge in [-0.3, -0.25) is 0 Å². The average Bonchev–Trinajstić information content (AvgIpc) is 2.12. The van der Waals surface area contributed by atoms with Crippen LogP contribution in [-0.2, 0) is 4.74 Å². The van der Waals surface area contributed by atoms with Crippen LogP contribution in [0.2, 0.25) is 0 Å². The summed E-state index contributed by atoms with van der Waals surface area (Å²) in [5, 5.41) is 12.6. The molecule has 0 aromatic heterocycles. The van der Waals surface area contributed by atoms with Crippen molar-refractivity contribution in [3.63, 3.8) is 0 Å². The summed E-state index contributed by atoms with van der Waals surface area (Å²) < 4.78 is 40.3. The first kappa shape index (κ1) is 15.7. The third-order valence-electron chi connectivity index (χ3n) is 1.92. The highest BCUT2D eigenvalue weighted by Gasteiger charge is 2.26. The predicted molar refractivity (Wildman–Crippen MR) is 55.3 cm³/mol. The second-order valence-corrected chi connectivity index (χ2v) is 4.05. The van der Waals surface area contributed by atoms with Crippen LogP contribution >= 0.6 is 0 Å². The predicted octanol–water partition coefficient (Wildman–Crippen LogP) is 1.71. The maximum atomic E-state index is 11.8. The van der Waals surface area contributed by atoms with E-state index in [1.165, 1.54) is 0 Å². The molecule has 3 nitrogen and oxygen atoms in total. The van der Waals surface area contributed by atoms with Crippen molar-refractivity contribution >= 4 is 0 Å². The van der Waals surface area contributed by atoms with Gasteiger partial charge in [-0.1, -0.05) is 6.92 Å². The molecule has 0 aromatic rings. The summed E-state index contributed by atoms with van der Waals surface area (Å²) in [6.07, 6.45) is -5.04. The number of rotatable bonds is 8. The van der Waals surface area contributed by atoms with Crippen LogP contribution in [0.3, 0.4) is 0 Å². The van der Waals surface area contributed by atoms with E-state index in [4.69, 9.17) is 4.74 Å². The molecule has 2 N–H and O–H groups in total. The van der Waals surface area contributed by atoms with Crippen molar-refractivity contribution in [2.24, 2.45) is 0 Å². The van der Waals surface area contributed by atoms with Crippen LogP contribution in [0.1, 0.15) is 26.7 Å². The van der Waals surface area contributed by atoms with Crippen LogP contribution < -0.4 is 5.32 Å². The van der Waals surface area contributed by atoms with Gasteiger partial charge < -0.3 is 15.2 Å². The topological polar surface area (TPSA) is 41.5 Å². The first-order valence-electron chi connectivity index (χ1n) is 5.34. The Labute approximate surface area is 94.0 Å². The standard InChI is InChI=1S/C10H20F3NO2/c1-3-14-7-9(2,15)8-16-6-4-5-10(11,12)13/h14-15H,3-8H2,1-2H3. The van der Waals surface area contributed by atoms with Gasteiger partial charge in [-0.2, -0.15) is 13.2 Å². The van der Waals surface area contributed by atoms with Crippen LogP contribution in [0.4, 0.5) is 13.2 Å². The van der Waals surface area contributed by atoms with Crippen molar-refractivity contribution < 1.29 is 23.0 Å². The van der Waals surface area contributed by atoms with Crippen LogP contribution in [0.15, 0.2) is 0 Å². The van der Waals surface area contributed by atoms with E-state index in [2.05, 4.69) is 5.32 Å². The second kappa shape index (κ2) is 7.09. The molecule has 0 amide bonds. The molecular weight excluding hydrogens is 223 g/mol. The normalized spacial score (nSPS) is 16.1. The Bertz CT molecular complexity index is 183. The summed E-state index contributed by atoms with van der Waals surface area (Å²) in [4.78, 5) is 0. The van der Waals surface area contributed by atoms with Crippen LogP contribution in [0, 0.1) is 0 Å². The van der Waals surface area contributed by atoms with E-state index in [0.717, 1.165) is 6.54 Å². The number of alkyl halides is 3. The molecule has 0 saturated carbocycles. The number of hydrogen-bond acceptors (Lipinski definition) is 3. The monoisotopic (exact) mass is 243 g/mol. The highest BCUT2D eigenvalue weighted by atomic mass is 19.4. The molecule has 1 unspecified atom stereocenters. The quantitative estimate of drug-likeness (QED) is 0.638. The molecule has 0 fully saturated rings. The molecule has 16 heavy (non-hydrogen) atoms. The Kier molecular flexibility index (Phi) is 6.94. The van der Waals surface area contributed by atoms with Gasteiger partial charge in [0.2, 0.25) is 0 Å². The molecule has 0 rings (SSSR count). The first-order chi connectivity index (χ1) is 7.27. The fourth-order valence-corrected chi connectivity index (χ4v) is 1.11. The van der Waals surface area contributed by atoms with Gasteiger partial charge in [-0.25, -0.2) is 0 Å². The molecule has 6 heteroatoms. The molecule has 0 aromatic carbocycles. The highest BCUT2D eigenvalue weighted by molar-refractivity contribution is 4.74. The minimum absolute atomic E-state index is 0.0157. The Morgan fingerprint density at radius 2 is 1.94 bits per heavy atom. The minimum atomic E-state index is -4.13. The van der Waals surface area contributed by atoms with Crippen LogP contribution in [0.25, 0.3) is 0 Å². The lowest BCUT2D eigenvalue weighted by atomic mass is 10.1. The van der Waals surface area contributed by atoms with Gasteiger partial charge in [0.15, 0.2) is 0 Å². The zero-order valence-electron chi connectivity index (χ0n) is 9.73. The zero-order chi connectivity index (χ0) is 12.7. The number of nitrogens with one attached hydrogen (secondary N) is 1. The lowest BCUT2D eigenvalue weighted by molar-refractivity contribution is -0.139. The summed E-state index contributed by atoms with van der Waals surface area (Å²) in [6.45, 7) is 4.63. The number of likely N-dealkylation sites (N-methyl/N-ethyl adjacent to an activating group) is 1. The van der Waals surface area contributed by atoms with Gasteiger partial charge in [0, 0.05) is 19.6 Å². The van der Waals surface area contributed by atoms with Crippen molar-refractivity contribution in [1.29, 1.82) is 0 Å². The maximum Gasteiger partial charge on any atom is 0.389 e. The second-order valence-electron chi connectivity index (χ2n) is 4.05. The molecule has 0 bridgehead atoms. The molecule has 0 aliphatic carbocycles. The van der Waals surface area contributed by atoms with Gasteiger partial charge in [-0.15, -0.1) is 0 Å². The van der Waals surface area contributed by atoms with E-state index >= 15 is 0 Å². The van der Waals surface area contributed by atoms with Crippen molar-refractivity contribution in [3.05, 3.63) is 0 Å². The van der Waals surface area contributed by atoms with Crippen molar-refractivity contribution in [2.45, 2.75) is 38.5 Å². The van der Waals surface area contributed by atoms with E-state index in [-0.39, 0.29) is 19.6 Å². The van der Waals surface area contributed by atoms with Crippen molar-refractivity contribution in [1.82, 2.24) is 5.32 Å². The van der Waals surface area contributed by atoms with Crippen molar-refractivity contribution in [2.75, 3.05) is 26.3 Å². The fourth-order valence-electron chi connectivity index (χ4n) is 1.11. The smallest absolute Gasteiger partial charge is 0.386 e. The molecule has 0 saturated heterocycles. The Balaban J connectivity index is 3.50. The lowest BCUT2D eigenvalue weighted by Gasteiger charge is -2.23. The number of aliphatic hydroxyl groups is 1. The van der Waals surface area contributed by atoms with Gasteiger partial charge in [0.05, 0.1) is 12.2 Å². The number of ether oxygens (including phenoxy) is 1. The molecule has 0 aliphatic heterocycles. The van der Waals surface area contributed by atoms with Gasteiger partial charge in [0.25, 0.3) is 0 Å². The van der Waals surface area contributed by atoms with E-state index < -0.39 is 18.2 Å². The van der Waals surface area contributed by atoms with E-state index in [0.29, 0.717) is 6.54 Å². The SMILES string of the molecule is CCNCC(C)(O)COCCCC(F)(F)F. The Hall–Kier alpha value is -0.330. The Morgan fingerprint density at radius 1 is 1.31 bits per heavy atom. The van der Waals surface area contributed by atoms with Gasteiger partial charge in [-0.05, 0) is 19.9 Å². The van der Waals surface area contributed by atoms with Gasteiger partial charge in [0.1, 0.15) is 0 Å². The molecule has 0 radical (unpaired) electrons. The summed E-state index contributed by atoms with van der Waals surface area (Å²) in [5.41, 5.74) is -1.03. The summed E-state index contributed by atoms with van der Waals surface area (Å²) in [6, 6.07) is 0. The number of halogens is 3. The molecule has 98 valence electrons.